The van der Waals surface area contributed by atoms with Crippen molar-refractivity contribution in [1.29, 1.82) is 0 Å². The smallest absolute Gasteiger partial charge is 0.462 e. The molecule has 0 spiro atoms. The second-order valence-corrected chi connectivity index (χ2v) is 29.6. The topological polar surface area (TPSA) is 237 Å². The van der Waals surface area contributed by atoms with E-state index >= 15 is 0 Å². The second-order valence-electron chi connectivity index (χ2n) is 26.7. The Morgan fingerprint density at radius 3 is 0.634 bits per heavy atom. The van der Waals surface area contributed by atoms with Gasteiger partial charge in [0.2, 0.25) is 0 Å². The van der Waals surface area contributed by atoms with Crippen LogP contribution in [0.25, 0.3) is 0 Å². The van der Waals surface area contributed by atoms with Gasteiger partial charge >= 0.3 is 39.5 Å². The monoisotopic (exact) mass is 1370 g/mol. The van der Waals surface area contributed by atoms with Crippen LogP contribution in [0.5, 0.6) is 0 Å². The third-order valence-corrected chi connectivity index (χ3v) is 19.3. The summed E-state index contributed by atoms with van der Waals surface area (Å²) in [6.45, 7) is 4.94. The first kappa shape index (κ1) is 91.1. The zero-order valence-electron chi connectivity index (χ0n) is 60.2. The molecule has 0 aromatic carbocycles. The highest BCUT2D eigenvalue weighted by molar-refractivity contribution is 7.47. The molecule has 5 atom stereocenters. The fourth-order valence-corrected chi connectivity index (χ4v) is 13.0. The predicted octanol–water partition coefficient (Wildman–Crippen LogP) is 21.8. The summed E-state index contributed by atoms with van der Waals surface area (Å²) in [5, 5.41) is 10.6. The Bertz CT molecular complexity index is 1770. The Hall–Kier alpha value is -1.94. The molecule has 0 amide bonds. The van der Waals surface area contributed by atoms with Gasteiger partial charge in [0.05, 0.1) is 26.4 Å². The van der Waals surface area contributed by atoms with Gasteiger partial charge in [-0.3, -0.25) is 37.3 Å². The third kappa shape index (κ3) is 68.4. The van der Waals surface area contributed by atoms with Gasteiger partial charge in [-0.2, -0.15) is 0 Å². The minimum atomic E-state index is -4.95. The molecule has 0 saturated heterocycles. The minimum Gasteiger partial charge on any atom is -0.462 e. The lowest BCUT2D eigenvalue weighted by molar-refractivity contribution is -0.161. The van der Waals surface area contributed by atoms with Gasteiger partial charge in [-0.25, -0.2) is 9.13 Å². The number of phosphoric acid groups is 2. The molecule has 0 aliphatic carbocycles. The molecule has 2 unspecified atom stereocenters. The van der Waals surface area contributed by atoms with E-state index in [-0.39, 0.29) is 25.7 Å². The van der Waals surface area contributed by atoms with E-state index < -0.39 is 97.5 Å². The van der Waals surface area contributed by atoms with E-state index in [9.17, 15) is 43.2 Å². The van der Waals surface area contributed by atoms with Crippen molar-refractivity contribution < 1.29 is 80.2 Å². The second kappa shape index (κ2) is 68.6. The average molecular weight is 1370 g/mol. The highest BCUT2D eigenvalue weighted by atomic mass is 31.2. The van der Waals surface area contributed by atoms with Gasteiger partial charge < -0.3 is 33.8 Å². The molecule has 552 valence electrons. The molecule has 93 heavy (non-hydrogen) atoms. The van der Waals surface area contributed by atoms with E-state index in [1.165, 1.54) is 218 Å². The van der Waals surface area contributed by atoms with E-state index in [0.29, 0.717) is 25.7 Å². The standard InChI is InChI=1S/C74H144O17P2/c1-5-9-13-17-21-25-28-30-32-34-36-38-40-42-45-49-53-57-61-74(79)91-70(65-85-72(77)59-55-51-47-44-41-39-37-35-33-31-29-26-22-18-14-10-6-2)67-89-93(82,83)87-63-68(75)62-86-92(80,81)88-66-69(64-84-71(76)58-54-50-46-24-20-16-12-8-4)90-73(78)60-56-52-48-43-27-23-19-15-11-7-3/h68-70,75H,5-67H2,1-4H3,(H,80,81)(H,82,83)/t68-,69+,70+/m0/s1. The van der Waals surface area contributed by atoms with Crippen molar-refractivity contribution in [2.75, 3.05) is 39.6 Å². The van der Waals surface area contributed by atoms with Crippen molar-refractivity contribution in [3.8, 4) is 0 Å². The SMILES string of the molecule is CCCCCCCCCCCCCCCCCCCCC(=O)O[C@H](COC(=O)CCCCCCCCCCCCCCCCCCC)COP(=O)(O)OC[C@@H](O)COP(=O)(O)OC[C@@H](COC(=O)CCCCCCCCCC)OC(=O)CCCCCCCCCCCC. The molecule has 0 aromatic heterocycles. The van der Waals surface area contributed by atoms with Crippen LogP contribution in [0.2, 0.25) is 0 Å². The first-order valence-electron chi connectivity index (χ1n) is 38.8. The highest BCUT2D eigenvalue weighted by Gasteiger charge is 2.30. The van der Waals surface area contributed by atoms with Crippen LogP contribution in [-0.2, 0) is 65.4 Å². The number of ether oxygens (including phenoxy) is 4. The molecule has 3 N–H and O–H groups in total. The fraction of sp³-hybridized carbons (Fsp3) is 0.946. The van der Waals surface area contributed by atoms with Gasteiger partial charge in [-0.05, 0) is 25.7 Å². The number of rotatable bonds is 75. The van der Waals surface area contributed by atoms with Crippen LogP contribution in [0.15, 0.2) is 0 Å². The zero-order valence-corrected chi connectivity index (χ0v) is 62.0. The van der Waals surface area contributed by atoms with Crippen molar-refractivity contribution in [1.82, 2.24) is 0 Å². The van der Waals surface area contributed by atoms with Crippen molar-refractivity contribution in [2.24, 2.45) is 0 Å². The number of aliphatic hydroxyl groups excluding tert-OH is 1. The van der Waals surface area contributed by atoms with E-state index in [1.54, 1.807) is 0 Å². The van der Waals surface area contributed by atoms with Gasteiger partial charge in [-0.1, -0.05) is 342 Å². The lowest BCUT2D eigenvalue weighted by Gasteiger charge is -2.21. The summed E-state index contributed by atoms with van der Waals surface area (Å²) in [7, 11) is -9.90. The van der Waals surface area contributed by atoms with E-state index in [4.69, 9.17) is 37.0 Å². The molecule has 0 fully saturated rings. The molecule has 0 aliphatic rings. The van der Waals surface area contributed by atoms with Crippen LogP contribution < -0.4 is 0 Å². The fourth-order valence-electron chi connectivity index (χ4n) is 11.4. The van der Waals surface area contributed by atoms with E-state index in [2.05, 4.69) is 27.7 Å². The number of phosphoric ester groups is 2. The normalized spacial score (nSPS) is 13.9. The minimum absolute atomic E-state index is 0.107. The first-order chi connectivity index (χ1) is 45.2. The number of hydrogen-bond acceptors (Lipinski definition) is 15. The molecular weight excluding hydrogens is 1220 g/mol. The number of carbonyl (C=O) groups is 4. The maximum atomic E-state index is 13.1. The Labute approximate surface area is 568 Å². The largest absolute Gasteiger partial charge is 0.472 e. The quantitative estimate of drug-likeness (QED) is 0.0222. The predicted molar refractivity (Wildman–Crippen MR) is 377 cm³/mol. The molecular formula is C74H144O17P2. The van der Waals surface area contributed by atoms with Crippen LogP contribution in [0.3, 0.4) is 0 Å². The summed E-state index contributed by atoms with van der Waals surface area (Å²) in [6.07, 6.45) is 58.3. The lowest BCUT2D eigenvalue weighted by atomic mass is 10.0. The average Bonchev–Trinajstić information content (AvgIpc) is 3.48. The summed E-state index contributed by atoms with van der Waals surface area (Å²) in [5.41, 5.74) is 0. The molecule has 0 rings (SSSR count). The van der Waals surface area contributed by atoms with Gasteiger partial charge in [0.1, 0.15) is 19.3 Å². The maximum absolute atomic E-state index is 13.1. The van der Waals surface area contributed by atoms with Gasteiger partial charge in [0, 0.05) is 25.7 Å². The summed E-state index contributed by atoms with van der Waals surface area (Å²) in [5.74, 6) is -2.12. The van der Waals surface area contributed by atoms with Crippen LogP contribution in [0.4, 0.5) is 0 Å². The molecule has 0 radical (unpaired) electrons. The van der Waals surface area contributed by atoms with E-state index in [0.717, 1.165) is 96.3 Å². The number of aliphatic hydroxyl groups is 1. The van der Waals surface area contributed by atoms with Gasteiger partial charge in [-0.15, -0.1) is 0 Å². The molecule has 0 saturated carbocycles. The van der Waals surface area contributed by atoms with Crippen LogP contribution in [0.1, 0.15) is 394 Å². The summed E-state index contributed by atoms with van der Waals surface area (Å²) >= 11 is 0. The zero-order chi connectivity index (χ0) is 68.2. The number of carbonyl (C=O) groups excluding carboxylic acids is 4. The Morgan fingerprint density at radius 2 is 0.430 bits per heavy atom. The number of unbranched alkanes of at least 4 members (excludes halogenated alkanes) is 49. The molecule has 19 heteroatoms. The number of hydrogen-bond donors (Lipinski definition) is 3. The third-order valence-electron chi connectivity index (χ3n) is 17.4. The Kier molecular flexibility index (Phi) is 67.1. The first-order valence-corrected chi connectivity index (χ1v) is 41.8. The Morgan fingerprint density at radius 1 is 0.258 bits per heavy atom. The number of esters is 4. The van der Waals surface area contributed by atoms with Crippen molar-refractivity contribution in [2.45, 2.75) is 412 Å². The van der Waals surface area contributed by atoms with Crippen molar-refractivity contribution >= 4 is 39.5 Å². The lowest BCUT2D eigenvalue weighted by Crippen LogP contribution is -2.30. The highest BCUT2D eigenvalue weighted by Crippen LogP contribution is 2.45. The molecule has 17 nitrogen and oxygen atoms in total. The molecule has 0 heterocycles. The molecule has 0 bridgehead atoms. The molecule has 0 aromatic rings. The van der Waals surface area contributed by atoms with E-state index in [1.807, 2.05) is 0 Å². The van der Waals surface area contributed by atoms with Gasteiger partial charge in [0.15, 0.2) is 12.2 Å². The maximum Gasteiger partial charge on any atom is 0.472 e. The van der Waals surface area contributed by atoms with Crippen molar-refractivity contribution in [3.63, 3.8) is 0 Å². The molecule has 0 aliphatic heterocycles. The summed E-state index contributed by atoms with van der Waals surface area (Å²) < 4.78 is 68.3. The van der Waals surface area contributed by atoms with Crippen molar-refractivity contribution in [3.05, 3.63) is 0 Å². The van der Waals surface area contributed by atoms with Crippen LogP contribution in [0, 0.1) is 0 Å². The summed E-state index contributed by atoms with van der Waals surface area (Å²) in [6, 6.07) is 0. The summed E-state index contributed by atoms with van der Waals surface area (Å²) in [4.78, 5) is 72.6. The van der Waals surface area contributed by atoms with Crippen LogP contribution >= 0.6 is 15.6 Å². The Balaban J connectivity index is 5.19. The van der Waals surface area contributed by atoms with Crippen LogP contribution in [-0.4, -0.2) is 96.7 Å². The van der Waals surface area contributed by atoms with Gasteiger partial charge in [0.25, 0.3) is 0 Å².